The first kappa shape index (κ1) is 22.3. The number of ether oxygens (including phenoxy) is 2. The summed E-state index contributed by atoms with van der Waals surface area (Å²) in [6.45, 7) is 2.47. The fourth-order valence-corrected chi connectivity index (χ4v) is 6.00. The van der Waals surface area contributed by atoms with E-state index in [0.717, 1.165) is 29.0 Å². The van der Waals surface area contributed by atoms with Crippen molar-refractivity contribution in [1.29, 1.82) is 0 Å². The molecule has 1 aliphatic carbocycles. The zero-order valence-electron chi connectivity index (χ0n) is 19.2. The highest BCUT2D eigenvalue weighted by Crippen LogP contribution is 2.50. The third kappa shape index (κ3) is 4.23. The van der Waals surface area contributed by atoms with E-state index < -0.39 is 10.0 Å². The van der Waals surface area contributed by atoms with Crippen LogP contribution >= 0.6 is 0 Å². The minimum Gasteiger partial charge on any atom is -0.497 e. The number of nitrogens with one attached hydrogen (secondary N) is 2. The van der Waals surface area contributed by atoms with Gasteiger partial charge in [-0.2, -0.15) is 0 Å². The second kappa shape index (κ2) is 9.06. The van der Waals surface area contributed by atoms with E-state index in [1.807, 2.05) is 25.1 Å². The predicted molar refractivity (Wildman–Crippen MR) is 134 cm³/mol. The Bertz CT molecular complexity index is 1320. The summed E-state index contributed by atoms with van der Waals surface area (Å²) in [7, 11) is -2.06. The molecule has 0 fully saturated rings. The van der Waals surface area contributed by atoms with Gasteiger partial charge in [0.2, 0.25) is 0 Å². The van der Waals surface area contributed by atoms with Gasteiger partial charge in [-0.15, -0.1) is 0 Å². The first-order chi connectivity index (χ1) is 16.5. The van der Waals surface area contributed by atoms with Crippen LogP contribution in [0.4, 0.5) is 11.4 Å². The molecule has 5 rings (SSSR count). The van der Waals surface area contributed by atoms with Gasteiger partial charge in [0.25, 0.3) is 10.0 Å². The van der Waals surface area contributed by atoms with Gasteiger partial charge in [0.05, 0.1) is 24.7 Å². The van der Waals surface area contributed by atoms with Gasteiger partial charge in [-0.3, -0.25) is 4.72 Å². The molecule has 3 aromatic carbocycles. The number of hydrogen-bond donors (Lipinski definition) is 2. The van der Waals surface area contributed by atoms with Crippen molar-refractivity contribution in [3.8, 4) is 11.5 Å². The first-order valence-corrected chi connectivity index (χ1v) is 12.9. The Labute approximate surface area is 200 Å². The van der Waals surface area contributed by atoms with Crippen LogP contribution in [0, 0.1) is 5.92 Å². The summed E-state index contributed by atoms with van der Waals surface area (Å²) in [5.74, 6) is 1.98. The summed E-state index contributed by atoms with van der Waals surface area (Å²) in [6.07, 6.45) is 5.33. The molecule has 0 amide bonds. The zero-order chi connectivity index (χ0) is 23.7. The third-order valence-electron chi connectivity index (χ3n) is 6.51. The number of sulfonamides is 1. The van der Waals surface area contributed by atoms with Crippen molar-refractivity contribution in [1.82, 2.24) is 0 Å². The van der Waals surface area contributed by atoms with E-state index in [-0.39, 0.29) is 16.9 Å². The highest BCUT2D eigenvalue weighted by Gasteiger charge is 2.38. The summed E-state index contributed by atoms with van der Waals surface area (Å²) >= 11 is 0. The molecule has 1 aliphatic heterocycles. The van der Waals surface area contributed by atoms with E-state index in [2.05, 4.69) is 34.3 Å². The maximum Gasteiger partial charge on any atom is 0.261 e. The molecule has 2 aliphatic rings. The molecule has 34 heavy (non-hydrogen) atoms. The van der Waals surface area contributed by atoms with Gasteiger partial charge in [-0.1, -0.05) is 24.3 Å². The number of hydrogen-bond acceptors (Lipinski definition) is 5. The van der Waals surface area contributed by atoms with Crippen LogP contribution in [0.2, 0.25) is 0 Å². The Kier molecular flexibility index (Phi) is 5.96. The van der Waals surface area contributed by atoms with Gasteiger partial charge >= 0.3 is 0 Å². The van der Waals surface area contributed by atoms with Gasteiger partial charge in [0.1, 0.15) is 11.5 Å². The Morgan fingerprint density at radius 2 is 1.85 bits per heavy atom. The lowest BCUT2D eigenvalue weighted by Gasteiger charge is -2.37. The van der Waals surface area contributed by atoms with E-state index in [4.69, 9.17) is 9.47 Å². The van der Waals surface area contributed by atoms with Gasteiger partial charge in [0.15, 0.2) is 0 Å². The topological polar surface area (TPSA) is 76.7 Å². The van der Waals surface area contributed by atoms with Gasteiger partial charge in [-0.25, -0.2) is 8.42 Å². The summed E-state index contributed by atoms with van der Waals surface area (Å²) < 4.78 is 39.8. The van der Waals surface area contributed by atoms with Crippen LogP contribution in [0.3, 0.4) is 0 Å². The Balaban J connectivity index is 1.43. The molecule has 1 heterocycles. The standard InChI is InChI=1S/C27H28N2O4S/c1-3-33-20-12-10-19(11-13-20)29-34(30,31)22-14-15-26-25(17-22)23-8-5-9-24(23)27(28-26)18-6-4-7-21(16-18)32-2/h4-8,10-17,23-24,27-29H,3,9H2,1-2H3/t23-,24+,27+/m0/s1. The average Bonchev–Trinajstić information content (AvgIpc) is 3.35. The van der Waals surface area contributed by atoms with Crippen LogP contribution in [-0.2, 0) is 10.0 Å². The highest BCUT2D eigenvalue weighted by atomic mass is 32.2. The van der Waals surface area contributed by atoms with Crippen LogP contribution in [-0.4, -0.2) is 22.1 Å². The Hall–Kier alpha value is -3.45. The van der Waals surface area contributed by atoms with E-state index in [0.29, 0.717) is 24.0 Å². The molecule has 3 atom stereocenters. The lowest BCUT2D eigenvalue weighted by Crippen LogP contribution is -2.29. The fourth-order valence-electron chi connectivity index (χ4n) is 4.90. The van der Waals surface area contributed by atoms with Crippen LogP contribution in [0.1, 0.15) is 36.4 Å². The van der Waals surface area contributed by atoms with Crippen LogP contribution < -0.4 is 19.5 Å². The molecule has 0 saturated heterocycles. The van der Waals surface area contributed by atoms with Gasteiger partial charge in [0, 0.05) is 17.3 Å². The minimum absolute atomic E-state index is 0.118. The number of allylic oxidation sites excluding steroid dienone is 2. The van der Waals surface area contributed by atoms with Crippen molar-refractivity contribution in [3.63, 3.8) is 0 Å². The fraction of sp³-hybridized carbons (Fsp3) is 0.259. The quantitative estimate of drug-likeness (QED) is 0.427. The van der Waals surface area contributed by atoms with Crippen LogP contribution in [0.15, 0.2) is 83.8 Å². The number of anilines is 2. The number of methoxy groups -OCH3 is 1. The summed E-state index contributed by atoms with van der Waals surface area (Å²) in [4.78, 5) is 0.251. The second-order valence-corrected chi connectivity index (χ2v) is 10.2. The number of rotatable bonds is 7. The van der Waals surface area contributed by atoms with Crippen molar-refractivity contribution >= 4 is 21.4 Å². The van der Waals surface area contributed by atoms with Gasteiger partial charge < -0.3 is 14.8 Å². The van der Waals surface area contributed by atoms with Crippen molar-refractivity contribution in [3.05, 3.63) is 90.0 Å². The van der Waals surface area contributed by atoms with E-state index in [1.165, 1.54) is 0 Å². The summed E-state index contributed by atoms with van der Waals surface area (Å²) in [6, 6.07) is 20.5. The van der Waals surface area contributed by atoms with E-state index in [9.17, 15) is 8.42 Å². The maximum atomic E-state index is 13.2. The molecular weight excluding hydrogens is 448 g/mol. The van der Waals surface area contributed by atoms with Crippen molar-refractivity contribution in [2.75, 3.05) is 23.8 Å². The number of benzene rings is 3. The lowest BCUT2D eigenvalue weighted by atomic mass is 9.77. The van der Waals surface area contributed by atoms with Crippen LogP contribution in [0.25, 0.3) is 0 Å². The largest absolute Gasteiger partial charge is 0.497 e. The third-order valence-corrected chi connectivity index (χ3v) is 7.89. The minimum atomic E-state index is -3.73. The molecule has 0 aromatic heterocycles. The normalized spacial score (nSPS) is 20.7. The monoisotopic (exact) mass is 476 g/mol. The van der Waals surface area contributed by atoms with E-state index >= 15 is 0 Å². The lowest BCUT2D eigenvalue weighted by molar-refractivity contribution is 0.340. The molecular formula is C27H28N2O4S. The Morgan fingerprint density at radius 1 is 1.03 bits per heavy atom. The summed E-state index contributed by atoms with van der Waals surface area (Å²) in [5, 5.41) is 3.66. The first-order valence-electron chi connectivity index (χ1n) is 11.5. The molecule has 6 nitrogen and oxygen atoms in total. The smallest absolute Gasteiger partial charge is 0.261 e. The molecule has 0 unspecified atom stereocenters. The van der Waals surface area contributed by atoms with E-state index in [1.54, 1.807) is 43.5 Å². The average molecular weight is 477 g/mol. The molecule has 0 saturated carbocycles. The molecule has 0 radical (unpaired) electrons. The zero-order valence-corrected chi connectivity index (χ0v) is 20.0. The number of fused-ring (bicyclic) bond motifs is 3. The van der Waals surface area contributed by atoms with Crippen LogP contribution in [0.5, 0.6) is 11.5 Å². The second-order valence-electron chi connectivity index (χ2n) is 8.56. The van der Waals surface area contributed by atoms with Crippen molar-refractivity contribution < 1.29 is 17.9 Å². The molecule has 0 spiro atoms. The summed E-state index contributed by atoms with van der Waals surface area (Å²) in [5.41, 5.74) is 3.63. The Morgan fingerprint density at radius 3 is 2.62 bits per heavy atom. The van der Waals surface area contributed by atoms with Crippen molar-refractivity contribution in [2.45, 2.75) is 30.2 Å². The molecule has 2 N–H and O–H groups in total. The maximum absolute atomic E-state index is 13.2. The molecule has 7 heteroatoms. The SMILES string of the molecule is CCOc1ccc(NS(=O)(=O)c2ccc3c(c2)[C@H]2C=CC[C@H]2[C@@H](c2cccc(OC)c2)N3)cc1. The molecule has 3 aromatic rings. The molecule has 176 valence electrons. The molecule has 0 bridgehead atoms. The van der Waals surface area contributed by atoms with Gasteiger partial charge in [-0.05, 0) is 85.0 Å². The van der Waals surface area contributed by atoms with Crippen molar-refractivity contribution in [2.24, 2.45) is 5.92 Å². The predicted octanol–water partition coefficient (Wildman–Crippen LogP) is 5.72. The highest BCUT2D eigenvalue weighted by molar-refractivity contribution is 7.92.